The molecule has 0 amide bonds. The van der Waals surface area contributed by atoms with Crippen molar-refractivity contribution >= 4 is 23.9 Å². The van der Waals surface area contributed by atoms with Gasteiger partial charge in [-0.25, -0.2) is 9.59 Å². The van der Waals surface area contributed by atoms with Gasteiger partial charge in [0.15, 0.2) is 0 Å². The lowest BCUT2D eigenvalue weighted by atomic mass is 10.2. The highest BCUT2D eigenvalue weighted by Crippen LogP contribution is 2.04. The number of hydrogen-bond acceptors (Lipinski definition) is 8. The SMILES string of the molecule is C=CC(=O)OCCCCCC(=O)OCCOC(=O)CCCCCOC(=O)C=C. The van der Waals surface area contributed by atoms with Gasteiger partial charge >= 0.3 is 23.9 Å². The summed E-state index contributed by atoms with van der Waals surface area (Å²) in [6, 6.07) is 0. The van der Waals surface area contributed by atoms with Crippen molar-refractivity contribution < 1.29 is 38.1 Å². The van der Waals surface area contributed by atoms with Gasteiger partial charge in [0.25, 0.3) is 0 Å². The smallest absolute Gasteiger partial charge is 0.330 e. The number of hydrogen-bond donors (Lipinski definition) is 0. The van der Waals surface area contributed by atoms with Crippen molar-refractivity contribution in [3.63, 3.8) is 0 Å². The zero-order valence-corrected chi connectivity index (χ0v) is 16.3. The van der Waals surface area contributed by atoms with E-state index in [1.54, 1.807) is 0 Å². The van der Waals surface area contributed by atoms with Crippen molar-refractivity contribution in [1.82, 2.24) is 0 Å². The van der Waals surface area contributed by atoms with Crippen LogP contribution in [-0.2, 0) is 38.1 Å². The molecule has 0 rings (SSSR count). The zero-order valence-electron chi connectivity index (χ0n) is 16.3. The first-order valence-corrected chi connectivity index (χ1v) is 9.39. The highest BCUT2D eigenvalue weighted by atomic mass is 16.6. The Bertz CT molecular complexity index is 466. The van der Waals surface area contributed by atoms with Crippen LogP contribution in [0, 0.1) is 0 Å². The predicted molar refractivity (Wildman–Crippen MR) is 101 cm³/mol. The second-order valence-corrected chi connectivity index (χ2v) is 5.81. The van der Waals surface area contributed by atoms with Crippen molar-refractivity contribution in [1.29, 1.82) is 0 Å². The zero-order chi connectivity index (χ0) is 21.0. The minimum Gasteiger partial charge on any atom is -0.463 e. The van der Waals surface area contributed by atoms with Gasteiger partial charge < -0.3 is 18.9 Å². The fourth-order valence-corrected chi connectivity index (χ4v) is 2.02. The second kappa shape index (κ2) is 17.8. The topological polar surface area (TPSA) is 105 Å². The molecule has 0 unspecified atom stereocenters. The normalized spacial score (nSPS) is 9.86. The molecule has 0 aromatic heterocycles. The molecule has 0 saturated heterocycles. The van der Waals surface area contributed by atoms with Crippen molar-refractivity contribution in [3.8, 4) is 0 Å². The average Bonchev–Trinajstić information content (AvgIpc) is 2.69. The number of esters is 4. The summed E-state index contributed by atoms with van der Waals surface area (Å²) in [5.41, 5.74) is 0. The number of ether oxygens (including phenoxy) is 4. The molecule has 0 bridgehead atoms. The molecule has 0 spiro atoms. The molecule has 8 heteroatoms. The first kappa shape index (κ1) is 25.4. The molecule has 0 N–H and O–H groups in total. The van der Waals surface area contributed by atoms with Crippen molar-refractivity contribution in [3.05, 3.63) is 25.3 Å². The summed E-state index contributed by atoms with van der Waals surface area (Å²) in [7, 11) is 0. The Labute approximate surface area is 165 Å². The predicted octanol–water partition coefficient (Wildman–Crippen LogP) is 2.65. The minimum atomic E-state index is -0.456. The van der Waals surface area contributed by atoms with Crippen molar-refractivity contribution in [2.75, 3.05) is 26.4 Å². The number of unbranched alkanes of at least 4 members (excludes halogenated alkanes) is 4. The molecule has 158 valence electrons. The summed E-state index contributed by atoms with van der Waals surface area (Å²) in [6.45, 7) is 7.24. The molecule has 8 nitrogen and oxygen atoms in total. The first-order valence-electron chi connectivity index (χ1n) is 9.39. The lowest BCUT2D eigenvalue weighted by Crippen LogP contribution is -2.13. The Balaban J connectivity index is 3.43. The van der Waals surface area contributed by atoms with Gasteiger partial charge in [-0.3, -0.25) is 9.59 Å². The van der Waals surface area contributed by atoms with E-state index in [9.17, 15) is 19.2 Å². The van der Waals surface area contributed by atoms with E-state index in [0.717, 1.165) is 25.0 Å². The molecule has 28 heavy (non-hydrogen) atoms. The van der Waals surface area contributed by atoms with Crippen LogP contribution >= 0.6 is 0 Å². The van der Waals surface area contributed by atoms with Crippen LogP contribution in [0.5, 0.6) is 0 Å². The van der Waals surface area contributed by atoms with Crippen LogP contribution in [0.4, 0.5) is 0 Å². The second-order valence-electron chi connectivity index (χ2n) is 5.81. The van der Waals surface area contributed by atoms with Gasteiger partial charge in [-0.2, -0.15) is 0 Å². The molecule has 0 heterocycles. The summed E-state index contributed by atoms with van der Waals surface area (Å²) < 4.78 is 19.6. The Hall–Kier alpha value is -2.64. The Morgan fingerprint density at radius 2 is 0.929 bits per heavy atom. The Morgan fingerprint density at radius 1 is 0.536 bits per heavy atom. The van der Waals surface area contributed by atoms with Crippen LogP contribution in [0.1, 0.15) is 51.4 Å². The summed E-state index contributed by atoms with van der Waals surface area (Å²) in [5, 5.41) is 0. The molecule has 0 aliphatic carbocycles. The van der Waals surface area contributed by atoms with E-state index < -0.39 is 11.9 Å². The third-order valence-corrected chi connectivity index (χ3v) is 3.48. The lowest BCUT2D eigenvalue weighted by Gasteiger charge is -2.07. The molecule has 0 radical (unpaired) electrons. The lowest BCUT2D eigenvalue weighted by molar-refractivity contribution is -0.152. The molecule has 0 atom stereocenters. The summed E-state index contributed by atoms with van der Waals surface area (Å²) in [4.78, 5) is 44.6. The van der Waals surface area contributed by atoms with Gasteiger partial charge in [-0.1, -0.05) is 13.2 Å². The third-order valence-electron chi connectivity index (χ3n) is 3.48. The fraction of sp³-hybridized carbons (Fsp3) is 0.600. The van der Waals surface area contributed by atoms with Gasteiger partial charge in [0.1, 0.15) is 13.2 Å². The monoisotopic (exact) mass is 398 g/mol. The largest absolute Gasteiger partial charge is 0.463 e. The quantitative estimate of drug-likeness (QED) is 0.159. The molecular formula is C20H30O8. The minimum absolute atomic E-state index is 0.0268. The van der Waals surface area contributed by atoms with Crippen molar-refractivity contribution in [2.24, 2.45) is 0 Å². The van der Waals surface area contributed by atoms with Gasteiger partial charge in [0.05, 0.1) is 13.2 Å². The van der Waals surface area contributed by atoms with Crippen LogP contribution in [-0.4, -0.2) is 50.3 Å². The van der Waals surface area contributed by atoms with Gasteiger partial charge in [-0.15, -0.1) is 0 Å². The van der Waals surface area contributed by atoms with E-state index in [-0.39, 0.29) is 38.0 Å². The molecule has 0 saturated carbocycles. The molecule has 0 fully saturated rings. The molecule has 0 aliphatic rings. The van der Waals surface area contributed by atoms with E-state index in [4.69, 9.17) is 18.9 Å². The summed E-state index contributed by atoms with van der Waals surface area (Å²) in [5.74, 6) is -1.62. The molecule has 0 aliphatic heterocycles. The van der Waals surface area contributed by atoms with Crippen LogP contribution in [0.25, 0.3) is 0 Å². The van der Waals surface area contributed by atoms with Crippen LogP contribution in [0.2, 0.25) is 0 Å². The van der Waals surface area contributed by atoms with Crippen LogP contribution in [0.15, 0.2) is 25.3 Å². The maximum Gasteiger partial charge on any atom is 0.330 e. The van der Waals surface area contributed by atoms with Gasteiger partial charge in [-0.05, 0) is 38.5 Å². The fourth-order valence-electron chi connectivity index (χ4n) is 2.02. The van der Waals surface area contributed by atoms with Crippen molar-refractivity contribution in [2.45, 2.75) is 51.4 Å². The molecule has 0 aromatic rings. The summed E-state index contributed by atoms with van der Waals surface area (Å²) >= 11 is 0. The maximum absolute atomic E-state index is 11.5. The number of rotatable bonds is 17. The maximum atomic E-state index is 11.5. The Morgan fingerprint density at radius 3 is 1.29 bits per heavy atom. The van der Waals surface area contributed by atoms with E-state index >= 15 is 0 Å². The van der Waals surface area contributed by atoms with Gasteiger partial charge in [0.2, 0.25) is 0 Å². The van der Waals surface area contributed by atoms with E-state index in [1.807, 2.05) is 0 Å². The highest BCUT2D eigenvalue weighted by molar-refractivity contribution is 5.81. The van der Waals surface area contributed by atoms with Gasteiger partial charge in [0, 0.05) is 25.0 Å². The molecule has 0 aromatic carbocycles. The first-order chi connectivity index (χ1) is 13.5. The summed E-state index contributed by atoms with van der Waals surface area (Å²) in [6.07, 6.45) is 6.81. The van der Waals surface area contributed by atoms with Crippen LogP contribution in [0.3, 0.4) is 0 Å². The van der Waals surface area contributed by atoms with E-state index in [1.165, 1.54) is 0 Å². The standard InChI is InChI=1S/C20H30O8/c1-3-17(21)25-13-9-5-7-11-19(23)27-15-16-28-20(24)12-8-6-10-14-26-18(22)4-2/h3-4H,1-2,5-16H2. The molecular weight excluding hydrogens is 368 g/mol. The van der Waals surface area contributed by atoms with E-state index in [0.29, 0.717) is 38.9 Å². The third kappa shape index (κ3) is 16.8. The van der Waals surface area contributed by atoms with E-state index in [2.05, 4.69) is 13.2 Å². The Kier molecular flexibility index (Phi) is 16.1. The number of carbonyl (C=O) groups is 4. The average molecular weight is 398 g/mol. The number of carbonyl (C=O) groups excluding carboxylic acids is 4. The highest BCUT2D eigenvalue weighted by Gasteiger charge is 2.06. The van der Waals surface area contributed by atoms with Crippen LogP contribution < -0.4 is 0 Å².